The van der Waals surface area contributed by atoms with Crippen LogP contribution in [0.25, 0.3) is 0 Å². The van der Waals surface area contributed by atoms with Gasteiger partial charge in [0.15, 0.2) is 6.29 Å². The average molecular weight is 810 g/mol. The number of esters is 1. The van der Waals surface area contributed by atoms with E-state index in [0.29, 0.717) is 49.0 Å². The minimum absolute atomic E-state index is 0.0180. The quantitative estimate of drug-likeness (QED) is 0.197. The summed E-state index contributed by atoms with van der Waals surface area (Å²) in [4.78, 5) is 41.5. The molecule has 0 aliphatic carbocycles. The normalized spacial score (nSPS) is 32.9. The van der Waals surface area contributed by atoms with Crippen molar-refractivity contribution in [1.29, 1.82) is 0 Å². The number of carbonyl (C=O) groups excluding carboxylic acids is 3. The number of aryl methyl sites for hydroxylation is 1. The van der Waals surface area contributed by atoms with Crippen LogP contribution in [0.2, 0.25) is 0 Å². The molecular weight excluding hydrogens is 750 g/mol. The molecule has 1 unspecified atom stereocenters. The van der Waals surface area contributed by atoms with Crippen LogP contribution in [-0.4, -0.2) is 147 Å². The zero-order valence-corrected chi connectivity index (χ0v) is 34.2. The Bertz CT molecular complexity index is 1730. The van der Waals surface area contributed by atoms with Gasteiger partial charge in [0.1, 0.15) is 24.0 Å². The predicted octanol–water partition coefficient (Wildman–Crippen LogP) is 2.68. The van der Waals surface area contributed by atoms with E-state index >= 15 is 0 Å². The van der Waals surface area contributed by atoms with E-state index in [2.05, 4.69) is 17.2 Å². The van der Waals surface area contributed by atoms with E-state index < -0.39 is 61.0 Å². The third-order valence-corrected chi connectivity index (χ3v) is 10.8. The molecule has 3 aliphatic heterocycles. The molecule has 1 aromatic carbocycles. The second-order valence-corrected chi connectivity index (χ2v) is 15.5. The van der Waals surface area contributed by atoms with Crippen LogP contribution in [0.4, 0.5) is 0 Å². The van der Waals surface area contributed by atoms with Crippen molar-refractivity contribution in [2.24, 2.45) is 11.8 Å². The first kappa shape index (κ1) is 45.0. The lowest BCUT2D eigenvalue weighted by Gasteiger charge is -2.46. The van der Waals surface area contributed by atoms with E-state index in [1.54, 1.807) is 74.1 Å². The van der Waals surface area contributed by atoms with E-state index in [0.717, 1.165) is 0 Å². The van der Waals surface area contributed by atoms with Gasteiger partial charge in [-0.05, 0) is 77.2 Å². The van der Waals surface area contributed by atoms with Gasteiger partial charge in [0.05, 0.1) is 54.4 Å². The first-order valence-electron chi connectivity index (χ1n) is 20.0. The highest BCUT2D eigenvalue weighted by molar-refractivity contribution is 6.21. The van der Waals surface area contributed by atoms with Crippen LogP contribution in [0.15, 0.2) is 66.9 Å². The molecule has 3 N–H and O–H groups in total. The lowest BCUT2D eigenvalue weighted by Crippen LogP contribution is -2.63. The molecule has 4 heterocycles. The van der Waals surface area contributed by atoms with Gasteiger partial charge in [-0.25, -0.2) is 4.79 Å². The third kappa shape index (κ3) is 11.5. The van der Waals surface area contributed by atoms with Gasteiger partial charge in [-0.3, -0.25) is 19.2 Å². The molecule has 1 fully saturated rings. The summed E-state index contributed by atoms with van der Waals surface area (Å²) in [6, 6.07) is 6.15. The van der Waals surface area contributed by atoms with E-state index in [-0.39, 0.29) is 43.4 Å². The maximum absolute atomic E-state index is 13.1. The van der Waals surface area contributed by atoms with Crippen molar-refractivity contribution < 1.29 is 53.4 Å². The summed E-state index contributed by atoms with van der Waals surface area (Å²) in [6.45, 7) is 6.25. The molecule has 0 spiro atoms. The summed E-state index contributed by atoms with van der Waals surface area (Å²) < 4.78 is 32.0. The van der Waals surface area contributed by atoms with Crippen molar-refractivity contribution >= 4 is 17.8 Å². The van der Waals surface area contributed by atoms with Gasteiger partial charge in [-0.15, -0.1) is 5.10 Å². The van der Waals surface area contributed by atoms with Gasteiger partial charge in [-0.1, -0.05) is 48.6 Å². The Labute approximate surface area is 340 Å². The molecule has 1 saturated heterocycles. The predicted molar refractivity (Wildman–Crippen MR) is 211 cm³/mol. The Morgan fingerprint density at radius 1 is 0.948 bits per heavy atom. The Morgan fingerprint density at radius 2 is 1.66 bits per heavy atom. The highest BCUT2D eigenvalue weighted by Crippen LogP contribution is 2.32. The number of aliphatic hydroxyl groups is 3. The van der Waals surface area contributed by atoms with Gasteiger partial charge in [0.25, 0.3) is 11.8 Å². The second kappa shape index (κ2) is 21.2. The van der Waals surface area contributed by atoms with Crippen LogP contribution in [0.3, 0.4) is 0 Å². The molecule has 0 saturated carbocycles. The molecule has 16 nitrogen and oxygen atoms in total. The number of likely N-dealkylation sites (N-methyl/N-ethyl adjacent to an activating group) is 1. The largest absolute Gasteiger partial charge is 0.459 e. The van der Waals surface area contributed by atoms with E-state index in [9.17, 15) is 29.7 Å². The van der Waals surface area contributed by atoms with Crippen molar-refractivity contribution in [3.05, 3.63) is 83.7 Å². The molecule has 318 valence electrons. The van der Waals surface area contributed by atoms with Crippen LogP contribution in [0, 0.1) is 11.8 Å². The number of fused-ring (bicyclic) bond motifs is 1. The molecule has 11 atom stereocenters. The molecular formula is C42H59N5O11. The van der Waals surface area contributed by atoms with Crippen LogP contribution in [0.1, 0.15) is 72.9 Å². The number of hydrogen-bond donors (Lipinski definition) is 3. The molecule has 1 aromatic heterocycles. The maximum atomic E-state index is 13.1. The van der Waals surface area contributed by atoms with Crippen LogP contribution in [0.5, 0.6) is 0 Å². The molecule has 5 rings (SSSR count). The fourth-order valence-corrected chi connectivity index (χ4v) is 7.78. The number of hydrogen-bond acceptors (Lipinski definition) is 14. The number of allylic oxidation sites excluding steroid dienone is 3. The highest BCUT2D eigenvalue weighted by Gasteiger charge is 2.46. The Kier molecular flexibility index (Phi) is 16.5. The average Bonchev–Trinajstić information content (AvgIpc) is 3.74. The number of nitrogens with zero attached hydrogens (tertiary/aromatic N) is 5. The number of benzene rings is 1. The molecule has 3 aliphatic rings. The summed E-state index contributed by atoms with van der Waals surface area (Å²) in [6.07, 6.45) is 7.67. The monoisotopic (exact) mass is 809 g/mol. The van der Waals surface area contributed by atoms with Gasteiger partial charge in [0, 0.05) is 39.3 Å². The van der Waals surface area contributed by atoms with Crippen molar-refractivity contribution in [2.45, 2.75) is 115 Å². The molecule has 0 bridgehead atoms. The fourth-order valence-electron chi connectivity index (χ4n) is 7.78. The first-order chi connectivity index (χ1) is 27.8. The van der Waals surface area contributed by atoms with Crippen molar-refractivity contribution in [3.63, 3.8) is 0 Å². The van der Waals surface area contributed by atoms with E-state index in [4.69, 9.17) is 23.7 Å². The van der Waals surface area contributed by atoms with Gasteiger partial charge in [0.2, 0.25) is 0 Å². The summed E-state index contributed by atoms with van der Waals surface area (Å²) in [7, 11) is 5.02. The molecule has 16 heteroatoms. The number of rotatable bonds is 13. The van der Waals surface area contributed by atoms with Crippen LogP contribution >= 0.6 is 0 Å². The minimum Gasteiger partial charge on any atom is -0.459 e. The lowest BCUT2D eigenvalue weighted by atomic mass is 9.85. The maximum Gasteiger partial charge on any atom is 0.330 e. The number of ether oxygens (including phenoxy) is 5. The Balaban J connectivity index is 1.23. The Hall–Kier alpha value is -4.13. The minimum atomic E-state index is -1.20. The van der Waals surface area contributed by atoms with Crippen molar-refractivity contribution in [2.75, 3.05) is 34.4 Å². The molecule has 2 amide bonds. The highest BCUT2D eigenvalue weighted by atomic mass is 16.7. The number of amides is 2. The number of aromatic nitrogens is 3. The smallest absolute Gasteiger partial charge is 0.330 e. The summed E-state index contributed by atoms with van der Waals surface area (Å²) in [5.41, 5.74) is 1.43. The Morgan fingerprint density at radius 3 is 2.33 bits per heavy atom. The molecule has 2 aromatic rings. The van der Waals surface area contributed by atoms with Gasteiger partial charge in [-0.2, -0.15) is 0 Å². The lowest BCUT2D eigenvalue weighted by molar-refractivity contribution is -0.304. The van der Waals surface area contributed by atoms with Gasteiger partial charge >= 0.3 is 5.97 Å². The summed E-state index contributed by atoms with van der Waals surface area (Å²) in [5.74, 6) is -1.46. The zero-order chi connectivity index (χ0) is 41.9. The molecule has 0 radical (unpaired) electrons. The number of methoxy groups -OCH3 is 1. The number of aliphatic hydroxyl groups excluding tert-OH is 3. The van der Waals surface area contributed by atoms with Crippen molar-refractivity contribution in [1.82, 2.24) is 24.8 Å². The number of cyclic esters (lactones) is 1. The van der Waals surface area contributed by atoms with E-state index in [1.165, 1.54) is 18.1 Å². The summed E-state index contributed by atoms with van der Waals surface area (Å²) in [5, 5.41) is 40.6. The van der Waals surface area contributed by atoms with Crippen molar-refractivity contribution in [3.8, 4) is 0 Å². The number of carbonyl (C=O) groups is 3. The number of imide groups is 1. The van der Waals surface area contributed by atoms with Crippen LogP contribution in [-0.2, 0) is 41.6 Å². The van der Waals surface area contributed by atoms with E-state index in [1.807, 2.05) is 24.3 Å². The van der Waals surface area contributed by atoms with Crippen LogP contribution < -0.4 is 0 Å². The SMILES string of the molecule is CO[C@H]1/C=C/C(=O)O[C@H](C)C[C@H](OCc2cn(CCCN3C(=O)c4ccccc4C3=O)nn2)/C=C/C=C/[C@@H](C)CC(CCO)[C@@H]1O[C@@H]1O[C@H](C)[C@@H](O)[C@H](N(C)C)[C@H]1O. The third-order valence-electron chi connectivity index (χ3n) is 10.8. The topological polar surface area (TPSA) is 195 Å². The fraction of sp³-hybridized carbons (Fsp3) is 0.595. The standard InChI is InChI=1S/C42H59N5O11/c1-26-12-7-8-13-31(55-25-30-24-46(44-43-30)19-11-20-47-40(52)32-14-9-10-15-33(32)41(47)53)23-27(2)56-35(49)17-16-34(54-6)39(29(22-26)18-21-48)58-42-38(51)36(45(4)5)37(50)28(3)57-42/h7-10,12-17,24,26-29,31,34,36-39,42,48,50-51H,11,18-23,25H2,1-6H3/b12-7+,13-8+,17-16+/t26-,27-,28-,29?,31-,34+,36+,37-,38-,39+,42+/m1/s1. The van der Waals surface area contributed by atoms with Gasteiger partial charge < -0.3 is 43.9 Å². The summed E-state index contributed by atoms with van der Waals surface area (Å²) >= 11 is 0. The second-order valence-electron chi connectivity index (χ2n) is 15.5. The first-order valence-corrected chi connectivity index (χ1v) is 20.0. The zero-order valence-electron chi connectivity index (χ0n) is 34.2. The molecule has 58 heavy (non-hydrogen) atoms.